The summed E-state index contributed by atoms with van der Waals surface area (Å²) in [7, 11) is 0. The zero-order valence-electron chi connectivity index (χ0n) is 15.2. The van der Waals surface area contributed by atoms with Crippen molar-refractivity contribution in [2.75, 3.05) is 0 Å². The van der Waals surface area contributed by atoms with Crippen LogP contribution in [0.15, 0.2) is 22.8 Å². The Morgan fingerprint density at radius 3 is 2.80 bits per heavy atom. The molecular weight excluding hydrogens is 320 g/mol. The second-order valence-corrected chi connectivity index (χ2v) is 8.46. The van der Waals surface area contributed by atoms with Crippen molar-refractivity contribution in [3.05, 3.63) is 22.8 Å². The Morgan fingerprint density at radius 1 is 1.40 bits per heavy atom. The summed E-state index contributed by atoms with van der Waals surface area (Å²) in [6.45, 7) is 7.68. The lowest BCUT2D eigenvalue weighted by molar-refractivity contribution is -0.156. The van der Waals surface area contributed by atoms with Gasteiger partial charge in [-0.15, -0.1) is 0 Å². The van der Waals surface area contributed by atoms with Crippen molar-refractivity contribution in [2.24, 2.45) is 23.2 Å². The lowest BCUT2D eigenvalue weighted by atomic mass is 9.62. The van der Waals surface area contributed by atoms with Crippen molar-refractivity contribution in [1.29, 1.82) is 0 Å². The highest BCUT2D eigenvalue weighted by Crippen LogP contribution is 2.63. The van der Waals surface area contributed by atoms with Gasteiger partial charge < -0.3 is 14.6 Å². The Bertz CT molecular complexity index is 705. The first-order valence-electron chi connectivity index (χ1n) is 9.20. The highest BCUT2D eigenvalue weighted by molar-refractivity contribution is 5.88. The van der Waals surface area contributed by atoms with E-state index in [9.17, 15) is 14.7 Å². The zero-order valence-corrected chi connectivity index (χ0v) is 15.2. The van der Waals surface area contributed by atoms with Gasteiger partial charge >= 0.3 is 11.9 Å². The van der Waals surface area contributed by atoms with E-state index in [0.29, 0.717) is 12.0 Å². The number of hydrogen-bond donors (Lipinski definition) is 1. The molecular formula is C20H26O5. The maximum Gasteiger partial charge on any atom is 0.333 e. The van der Waals surface area contributed by atoms with E-state index in [0.717, 1.165) is 24.0 Å². The predicted molar refractivity (Wildman–Crippen MR) is 90.3 cm³/mol. The molecule has 0 aromatic heterocycles. The van der Waals surface area contributed by atoms with Crippen molar-refractivity contribution in [2.45, 2.75) is 65.3 Å². The third-order valence-corrected chi connectivity index (χ3v) is 7.09. The van der Waals surface area contributed by atoms with Crippen LogP contribution in [0.5, 0.6) is 0 Å². The summed E-state index contributed by atoms with van der Waals surface area (Å²) < 4.78 is 11.6. The lowest BCUT2D eigenvalue weighted by Crippen LogP contribution is -2.45. The maximum atomic E-state index is 12.5. The first-order valence-corrected chi connectivity index (χ1v) is 9.20. The number of allylic oxidation sites excluding steroid dienone is 1. The highest BCUT2D eigenvalue weighted by Gasteiger charge is 2.65. The number of carbonyl (C=O) groups excluding carboxylic acids is 2. The van der Waals surface area contributed by atoms with E-state index in [-0.39, 0.29) is 47.3 Å². The molecule has 7 atom stereocenters. The minimum atomic E-state index is -0.458. The predicted octanol–water partition coefficient (Wildman–Crippen LogP) is 2.53. The molecule has 0 aromatic carbocycles. The van der Waals surface area contributed by atoms with E-state index in [1.54, 1.807) is 13.0 Å². The quantitative estimate of drug-likeness (QED) is 0.472. The number of aliphatic hydroxyl groups is 1. The lowest BCUT2D eigenvalue weighted by Gasteiger charge is -2.43. The molecule has 0 spiro atoms. The fourth-order valence-electron chi connectivity index (χ4n) is 5.61. The molecule has 1 saturated heterocycles. The van der Waals surface area contributed by atoms with Gasteiger partial charge in [0.2, 0.25) is 0 Å². The van der Waals surface area contributed by atoms with Crippen LogP contribution in [-0.2, 0) is 19.1 Å². The van der Waals surface area contributed by atoms with Crippen LogP contribution in [0.25, 0.3) is 0 Å². The summed E-state index contributed by atoms with van der Waals surface area (Å²) in [5.41, 5.74) is 2.46. The van der Waals surface area contributed by atoms with E-state index in [1.165, 1.54) is 0 Å². The molecule has 5 nitrogen and oxygen atoms in total. The molecule has 5 aliphatic rings. The van der Waals surface area contributed by atoms with E-state index in [2.05, 4.69) is 6.92 Å². The van der Waals surface area contributed by atoms with Crippen LogP contribution in [0.2, 0.25) is 0 Å². The second kappa shape index (κ2) is 5.44. The Balaban J connectivity index is 1.77. The van der Waals surface area contributed by atoms with Gasteiger partial charge in [-0.25, -0.2) is 4.79 Å². The smallest absolute Gasteiger partial charge is 0.333 e. The molecule has 5 rings (SSSR count). The number of hydrogen-bond acceptors (Lipinski definition) is 5. The van der Waals surface area contributed by atoms with Crippen molar-refractivity contribution in [3.8, 4) is 0 Å². The van der Waals surface area contributed by atoms with Gasteiger partial charge in [0, 0.05) is 5.57 Å². The number of esters is 2. The number of ether oxygens (including phenoxy) is 2. The fraction of sp³-hybridized carbons (Fsp3) is 0.700. The summed E-state index contributed by atoms with van der Waals surface area (Å²) >= 11 is 0. The first kappa shape index (κ1) is 16.8. The molecule has 3 saturated carbocycles. The summed E-state index contributed by atoms with van der Waals surface area (Å²) in [4.78, 5) is 24.8. The number of rotatable bonds is 2. The molecule has 0 amide bonds. The van der Waals surface area contributed by atoms with E-state index in [4.69, 9.17) is 9.47 Å². The van der Waals surface area contributed by atoms with Crippen molar-refractivity contribution >= 4 is 11.9 Å². The fourth-order valence-corrected chi connectivity index (χ4v) is 5.61. The van der Waals surface area contributed by atoms with E-state index in [1.807, 2.05) is 13.8 Å². The highest BCUT2D eigenvalue weighted by atomic mass is 16.6. The summed E-state index contributed by atoms with van der Waals surface area (Å²) in [5.74, 6) is -0.638. The Labute approximate surface area is 148 Å². The van der Waals surface area contributed by atoms with E-state index < -0.39 is 6.10 Å². The van der Waals surface area contributed by atoms with Crippen LogP contribution < -0.4 is 0 Å². The molecule has 1 N–H and O–H groups in total. The van der Waals surface area contributed by atoms with Crippen LogP contribution in [0, 0.1) is 23.2 Å². The van der Waals surface area contributed by atoms with E-state index >= 15 is 0 Å². The number of fused-ring (bicyclic) bond motifs is 1. The summed E-state index contributed by atoms with van der Waals surface area (Å²) in [6, 6.07) is 0. The molecule has 25 heavy (non-hydrogen) atoms. The van der Waals surface area contributed by atoms with Gasteiger partial charge in [-0.3, -0.25) is 4.79 Å². The van der Waals surface area contributed by atoms with Crippen molar-refractivity contribution in [1.82, 2.24) is 0 Å². The van der Waals surface area contributed by atoms with Crippen LogP contribution in [0.4, 0.5) is 0 Å². The third kappa shape index (κ3) is 2.24. The molecule has 0 unspecified atom stereocenters. The monoisotopic (exact) mass is 346 g/mol. The maximum absolute atomic E-state index is 12.5. The Kier molecular flexibility index (Phi) is 3.66. The standard InChI is InChI=1S/C20H26O5/c1-5-9(2)18(22)24-14-8-20(4)7-11-16(14)17(25-19(11)23)15-10(3)13(21)6-12(15)20/h5,11-14,16-17,21H,6-8H2,1-4H3/b9-5-/t11-,12-,13-,14-,16-,17+,20+/m1/s1. The zero-order chi connectivity index (χ0) is 18.1. The largest absolute Gasteiger partial charge is 0.459 e. The molecule has 4 bridgehead atoms. The molecule has 1 heterocycles. The normalized spacial score (nSPS) is 45.3. The van der Waals surface area contributed by atoms with Gasteiger partial charge in [-0.2, -0.15) is 0 Å². The third-order valence-electron chi connectivity index (χ3n) is 7.09. The molecule has 5 heteroatoms. The van der Waals surface area contributed by atoms with Crippen molar-refractivity contribution in [3.63, 3.8) is 0 Å². The molecule has 4 aliphatic carbocycles. The minimum Gasteiger partial charge on any atom is -0.459 e. The topological polar surface area (TPSA) is 72.8 Å². The number of carbonyl (C=O) groups is 2. The van der Waals surface area contributed by atoms with Gasteiger partial charge in [0.05, 0.1) is 17.9 Å². The van der Waals surface area contributed by atoms with Crippen LogP contribution in [0.1, 0.15) is 47.0 Å². The van der Waals surface area contributed by atoms with Gasteiger partial charge in [0.25, 0.3) is 0 Å². The molecule has 136 valence electrons. The van der Waals surface area contributed by atoms with Gasteiger partial charge in [-0.1, -0.05) is 13.0 Å². The average Bonchev–Trinajstić information content (AvgIpc) is 2.98. The Morgan fingerprint density at radius 2 is 2.12 bits per heavy atom. The summed E-state index contributed by atoms with van der Waals surface area (Å²) in [6.07, 6.45) is 2.77. The second-order valence-electron chi connectivity index (χ2n) is 8.46. The summed E-state index contributed by atoms with van der Waals surface area (Å²) in [5, 5.41) is 10.4. The molecule has 1 aliphatic heterocycles. The van der Waals surface area contributed by atoms with Crippen LogP contribution >= 0.6 is 0 Å². The van der Waals surface area contributed by atoms with Crippen LogP contribution in [0.3, 0.4) is 0 Å². The SMILES string of the molecule is C/C=C(/C)C(=O)O[C@@H]1C[C@]2(C)C[C@H]3C(=O)O[C@@H](C4=C(C)[C@H](O)C[C@H]42)[C@@H]13. The van der Waals surface area contributed by atoms with Gasteiger partial charge in [0.15, 0.2) is 0 Å². The minimum absolute atomic E-state index is 0.130. The van der Waals surface area contributed by atoms with Crippen LogP contribution in [-0.4, -0.2) is 35.4 Å². The number of aliphatic hydroxyl groups excluding tert-OH is 1. The first-order chi connectivity index (χ1) is 11.8. The average molecular weight is 346 g/mol. The molecule has 0 aromatic rings. The molecule has 4 fully saturated rings. The van der Waals surface area contributed by atoms with Gasteiger partial charge in [0.1, 0.15) is 12.2 Å². The van der Waals surface area contributed by atoms with Crippen molar-refractivity contribution < 1.29 is 24.2 Å². The van der Waals surface area contributed by atoms with Gasteiger partial charge in [-0.05, 0) is 62.5 Å². The Hall–Kier alpha value is -1.62. The molecule has 0 radical (unpaired) electrons.